The second kappa shape index (κ2) is 6.95. The van der Waals surface area contributed by atoms with Crippen LogP contribution in [-0.2, 0) is 6.42 Å². The lowest BCUT2D eigenvalue weighted by Crippen LogP contribution is -2.14. The molecular weight excluding hydrogens is 436 g/mol. The van der Waals surface area contributed by atoms with Crippen LogP contribution in [0.15, 0.2) is 66.7 Å². The fraction of sp³-hybridized carbons (Fsp3) is 0.226. The van der Waals surface area contributed by atoms with Crippen molar-refractivity contribution in [2.45, 2.75) is 44.8 Å². The van der Waals surface area contributed by atoms with Gasteiger partial charge in [0.2, 0.25) is 0 Å². The molecule has 0 N–H and O–H groups in total. The highest BCUT2D eigenvalue weighted by molar-refractivity contribution is 7.19. The Morgan fingerprint density at radius 3 is 1.55 bits per heavy atom. The van der Waals surface area contributed by atoms with E-state index in [0.717, 1.165) is 6.42 Å². The minimum Gasteiger partial charge on any atom is -0.168 e. The lowest BCUT2D eigenvalue weighted by molar-refractivity contribution is 0.715. The minimum absolute atomic E-state index is 1.14. The Labute approximate surface area is 199 Å². The number of hydrogen-bond donors (Lipinski definition) is 0. The highest BCUT2D eigenvalue weighted by atomic mass is 35.6. The van der Waals surface area contributed by atoms with E-state index in [9.17, 15) is 0 Å². The molecule has 0 unspecified atom stereocenters. The number of unbranched alkanes of at least 4 members (excludes halogenated alkanes) is 2. The van der Waals surface area contributed by atoms with Gasteiger partial charge >= 0.3 is 0 Å². The number of rotatable bonds is 6. The van der Waals surface area contributed by atoms with Gasteiger partial charge in [-0.05, 0) is 89.1 Å². The third-order valence-electron chi connectivity index (χ3n) is 7.81. The van der Waals surface area contributed by atoms with Crippen molar-refractivity contribution >= 4 is 83.1 Å². The SMILES string of the molecule is C[Si](C)(Cl)CCCCCc1cc2ccc3ccc4ccc5ccc6ccc1c1c6c5c4c3c21. The van der Waals surface area contributed by atoms with Crippen LogP contribution in [0.1, 0.15) is 24.8 Å². The molecule has 0 aromatic heterocycles. The monoisotopic (exact) mass is 462 g/mol. The molecule has 0 aliphatic heterocycles. The third-order valence-corrected chi connectivity index (χ3v) is 9.91. The molecule has 0 aliphatic carbocycles. The highest BCUT2D eigenvalue weighted by Crippen LogP contribution is 2.48. The van der Waals surface area contributed by atoms with Crippen molar-refractivity contribution in [1.29, 1.82) is 0 Å². The first-order valence-corrected chi connectivity index (χ1v) is 16.5. The van der Waals surface area contributed by atoms with Crippen LogP contribution in [0.3, 0.4) is 0 Å². The predicted molar refractivity (Wildman–Crippen MR) is 151 cm³/mol. The zero-order valence-electron chi connectivity index (χ0n) is 19.3. The van der Waals surface area contributed by atoms with E-state index >= 15 is 0 Å². The summed E-state index contributed by atoms with van der Waals surface area (Å²) in [5.41, 5.74) is 1.50. The van der Waals surface area contributed by atoms with Gasteiger partial charge in [0, 0.05) is 0 Å². The minimum atomic E-state index is -1.46. The van der Waals surface area contributed by atoms with Crippen molar-refractivity contribution in [1.82, 2.24) is 0 Å². The van der Waals surface area contributed by atoms with Gasteiger partial charge in [-0.1, -0.05) is 92.7 Å². The molecule has 7 rings (SSSR count). The first kappa shape index (κ1) is 19.8. The second-order valence-electron chi connectivity index (χ2n) is 10.6. The van der Waals surface area contributed by atoms with Gasteiger partial charge in [-0.15, -0.1) is 0 Å². The van der Waals surface area contributed by atoms with Crippen LogP contribution in [0, 0.1) is 0 Å². The predicted octanol–water partition coefficient (Wildman–Crippen LogP) is 10.1. The lowest BCUT2D eigenvalue weighted by atomic mass is 9.81. The first-order chi connectivity index (χ1) is 16.0. The summed E-state index contributed by atoms with van der Waals surface area (Å²) in [5, 5.41) is 17.0. The van der Waals surface area contributed by atoms with Gasteiger partial charge in [0.05, 0.1) is 0 Å². The summed E-state index contributed by atoms with van der Waals surface area (Å²) >= 11 is 6.54. The Balaban J connectivity index is 1.49. The van der Waals surface area contributed by atoms with Gasteiger partial charge in [0.15, 0.2) is 0 Å². The Hall–Kier alpha value is -2.61. The normalized spacial score (nSPS) is 13.3. The van der Waals surface area contributed by atoms with Crippen LogP contribution in [0.5, 0.6) is 0 Å². The van der Waals surface area contributed by atoms with E-state index in [0.29, 0.717) is 0 Å². The van der Waals surface area contributed by atoms with E-state index in [1.54, 1.807) is 0 Å². The standard InChI is InChI=1S/C31H27ClSi/c1-33(2,32)17-5-3-4-6-23-18-24-14-13-21-10-8-19-7-9-20-11-12-22-15-16-25(23)31-29(22)27(20)26(19)28(21)30(24)31/h7-16,18H,3-6,17H2,1-2H3. The van der Waals surface area contributed by atoms with E-state index in [1.165, 1.54) is 95.5 Å². The molecule has 0 heterocycles. The lowest BCUT2D eigenvalue weighted by Gasteiger charge is -2.22. The number of aryl methyl sites for hydroxylation is 1. The largest absolute Gasteiger partial charge is 0.168 e. The maximum atomic E-state index is 6.54. The summed E-state index contributed by atoms with van der Waals surface area (Å²) in [5.74, 6) is 0. The molecule has 0 saturated carbocycles. The molecule has 0 saturated heterocycles. The number of halogens is 1. The Bertz CT molecular complexity index is 1710. The van der Waals surface area contributed by atoms with E-state index < -0.39 is 7.38 Å². The van der Waals surface area contributed by atoms with Crippen molar-refractivity contribution in [3.05, 3.63) is 72.3 Å². The molecule has 0 atom stereocenters. The van der Waals surface area contributed by atoms with Crippen molar-refractivity contribution < 1.29 is 0 Å². The maximum absolute atomic E-state index is 6.54. The van der Waals surface area contributed by atoms with E-state index in [-0.39, 0.29) is 0 Å². The summed E-state index contributed by atoms with van der Waals surface area (Å²) in [6.45, 7) is 4.52. The van der Waals surface area contributed by atoms with Gasteiger partial charge in [-0.3, -0.25) is 0 Å². The average molecular weight is 463 g/mol. The first-order valence-electron chi connectivity index (χ1n) is 12.3. The van der Waals surface area contributed by atoms with Crippen LogP contribution < -0.4 is 0 Å². The van der Waals surface area contributed by atoms with Crippen LogP contribution in [-0.4, -0.2) is 7.38 Å². The Morgan fingerprint density at radius 1 is 0.545 bits per heavy atom. The van der Waals surface area contributed by atoms with Crippen molar-refractivity contribution in [2.75, 3.05) is 0 Å². The summed E-state index contributed by atoms with van der Waals surface area (Å²) in [6, 6.07) is 26.9. The van der Waals surface area contributed by atoms with Gasteiger partial charge in [0.25, 0.3) is 0 Å². The third kappa shape index (κ3) is 2.89. The van der Waals surface area contributed by atoms with E-state index in [1.807, 2.05) is 0 Å². The highest BCUT2D eigenvalue weighted by Gasteiger charge is 2.21. The van der Waals surface area contributed by atoms with Crippen LogP contribution in [0.2, 0.25) is 19.1 Å². The molecule has 0 amide bonds. The summed E-state index contributed by atoms with van der Waals surface area (Å²) in [7, 11) is -1.46. The zero-order chi connectivity index (χ0) is 22.3. The quantitative estimate of drug-likeness (QED) is 0.0757. The Morgan fingerprint density at radius 2 is 1.00 bits per heavy atom. The molecule has 162 valence electrons. The number of benzene rings is 7. The second-order valence-corrected chi connectivity index (χ2v) is 17.6. The fourth-order valence-corrected chi connectivity index (χ4v) is 7.80. The van der Waals surface area contributed by atoms with Crippen LogP contribution in [0.25, 0.3) is 64.6 Å². The molecule has 0 aliphatic rings. The molecule has 0 spiro atoms. The maximum Gasteiger partial charge on any atom is 0.150 e. The molecular formula is C31H27ClSi. The van der Waals surface area contributed by atoms with Gasteiger partial charge in [0.1, 0.15) is 7.38 Å². The molecule has 33 heavy (non-hydrogen) atoms. The summed E-state index contributed by atoms with van der Waals surface area (Å²) in [6.07, 6.45) is 4.90. The smallest absolute Gasteiger partial charge is 0.150 e. The molecule has 7 aromatic carbocycles. The van der Waals surface area contributed by atoms with E-state index in [2.05, 4.69) is 79.8 Å². The van der Waals surface area contributed by atoms with Gasteiger partial charge in [-0.25, -0.2) is 0 Å². The van der Waals surface area contributed by atoms with Crippen molar-refractivity contribution in [2.24, 2.45) is 0 Å². The van der Waals surface area contributed by atoms with E-state index in [4.69, 9.17) is 11.1 Å². The Kier molecular flexibility index (Phi) is 4.17. The number of hydrogen-bond acceptors (Lipinski definition) is 0. The molecule has 0 bridgehead atoms. The van der Waals surface area contributed by atoms with Crippen molar-refractivity contribution in [3.8, 4) is 0 Å². The zero-order valence-corrected chi connectivity index (χ0v) is 21.0. The average Bonchev–Trinajstić information content (AvgIpc) is 2.81. The molecule has 2 heteroatoms. The molecule has 0 radical (unpaired) electrons. The van der Waals surface area contributed by atoms with Crippen LogP contribution >= 0.6 is 11.1 Å². The molecule has 7 aromatic rings. The van der Waals surface area contributed by atoms with Crippen LogP contribution in [0.4, 0.5) is 0 Å². The fourth-order valence-electron chi connectivity index (χ4n) is 6.31. The van der Waals surface area contributed by atoms with Crippen molar-refractivity contribution in [3.63, 3.8) is 0 Å². The van der Waals surface area contributed by atoms with Gasteiger partial charge < -0.3 is 0 Å². The van der Waals surface area contributed by atoms with Gasteiger partial charge in [-0.2, -0.15) is 11.1 Å². The summed E-state index contributed by atoms with van der Waals surface area (Å²) in [4.78, 5) is 0. The molecule has 0 fully saturated rings. The topological polar surface area (TPSA) is 0 Å². The molecule has 0 nitrogen and oxygen atoms in total. The summed E-state index contributed by atoms with van der Waals surface area (Å²) < 4.78 is 0.